The topological polar surface area (TPSA) is 307 Å². The molecule has 0 aromatic carbocycles. The van der Waals surface area contributed by atoms with Crippen LogP contribution in [-0.4, -0.2) is 193 Å². The molecule has 3 heterocycles. The minimum absolute atomic E-state index is 0.247. The molecule has 19 heteroatoms. The first-order chi connectivity index (χ1) is 55.3. The Morgan fingerprint density at radius 3 is 0.912 bits per heavy atom. The van der Waals surface area contributed by atoms with E-state index >= 15 is 0 Å². The number of aliphatic hydroxyl groups is 11. The van der Waals surface area contributed by atoms with Gasteiger partial charge in [-0.3, -0.25) is 4.79 Å². The smallest absolute Gasteiger partial charge is 0.220 e. The minimum Gasteiger partial charge on any atom is -0.394 e. The number of nitrogens with one attached hydrogen (secondary N) is 1. The van der Waals surface area contributed by atoms with Gasteiger partial charge in [-0.05, 0) is 57.8 Å². The lowest BCUT2D eigenvalue weighted by Gasteiger charge is -2.48. The molecule has 19 nitrogen and oxygen atoms in total. The zero-order valence-corrected chi connectivity index (χ0v) is 71.9. The van der Waals surface area contributed by atoms with Crippen molar-refractivity contribution < 1.29 is 89.4 Å². The molecule has 0 aromatic rings. The van der Waals surface area contributed by atoms with Crippen molar-refractivity contribution in [2.24, 2.45) is 0 Å². The molecule has 3 fully saturated rings. The highest BCUT2D eigenvalue weighted by Crippen LogP contribution is 2.34. The van der Waals surface area contributed by atoms with Gasteiger partial charge in [0.1, 0.15) is 73.2 Å². The largest absolute Gasteiger partial charge is 0.394 e. The molecular formula is C94H175NO18. The molecule has 3 aliphatic rings. The van der Waals surface area contributed by atoms with Gasteiger partial charge in [-0.25, -0.2) is 0 Å². The third-order valence-electron chi connectivity index (χ3n) is 23.6. The zero-order chi connectivity index (χ0) is 81.7. The van der Waals surface area contributed by atoms with Gasteiger partial charge in [0.2, 0.25) is 5.91 Å². The first kappa shape index (κ1) is 105. The van der Waals surface area contributed by atoms with Crippen molar-refractivity contribution in [1.82, 2.24) is 5.32 Å². The molecule has 0 aliphatic carbocycles. The maximum atomic E-state index is 13.5. The van der Waals surface area contributed by atoms with Crippen molar-refractivity contribution in [3.05, 3.63) is 48.6 Å². The highest BCUT2D eigenvalue weighted by molar-refractivity contribution is 5.76. The average molecular weight is 1610 g/mol. The highest BCUT2D eigenvalue weighted by atomic mass is 16.8. The van der Waals surface area contributed by atoms with E-state index in [0.29, 0.717) is 6.42 Å². The van der Waals surface area contributed by atoms with Gasteiger partial charge >= 0.3 is 0 Å². The molecule has 3 saturated heterocycles. The first-order valence-corrected chi connectivity index (χ1v) is 47.4. The number of hydrogen-bond donors (Lipinski definition) is 12. The van der Waals surface area contributed by atoms with E-state index in [1.54, 1.807) is 6.08 Å². The van der Waals surface area contributed by atoms with Crippen LogP contribution in [0.5, 0.6) is 0 Å². The minimum atomic E-state index is -1.98. The Morgan fingerprint density at radius 2 is 0.584 bits per heavy atom. The average Bonchev–Trinajstić information content (AvgIpc) is 0.779. The molecule has 17 atom stereocenters. The summed E-state index contributed by atoms with van der Waals surface area (Å²) in [6.07, 6.45) is 69.9. The monoisotopic (exact) mass is 1610 g/mol. The molecule has 113 heavy (non-hydrogen) atoms. The van der Waals surface area contributed by atoms with Crippen LogP contribution >= 0.6 is 0 Å². The lowest BCUT2D eigenvalue weighted by atomic mass is 9.96. The summed E-state index contributed by atoms with van der Waals surface area (Å²) in [5, 5.41) is 121. The second-order valence-electron chi connectivity index (χ2n) is 33.8. The number of aliphatic hydroxyl groups excluding tert-OH is 11. The van der Waals surface area contributed by atoms with Crippen LogP contribution in [0.2, 0.25) is 0 Å². The number of carbonyl (C=O) groups is 1. The molecule has 0 bridgehead atoms. The van der Waals surface area contributed by atoms with E-state index in [4.69, 9.17) is 28.4 Å². The molecule has 0 radical (unpaired) electrons. The standard InChI is InChI=1S/C94H175NO18/c1-3-5-7-9-11-13-15-17-19-21-23-25-27-29-31-33-35-36-37-38-39-40-42-44-46-48-50-52-54-56-58-60-62-64-66-68-70-72-82(100)95-77(78(99)71-69-67-65-63-61-59-57-55-53-51-49-47-45-43-41-34-32-30-28-26-24-22-20-18-16-14-12-10-8-6-4-2)76-108-92-88(106)85(103)90(80(74-97)110-92)113-94-89(107)86(104)91(81(75-98)111-94)112-93-87(105)84(102)83(101)79(73-96)109-93/h15,17,21,23,27,29,69,71,77-81,83-94,96-99,101-107H,3-14,16,18-20,22,24-26,28,30-68,70,72-76H2,1-2H3,(H,95,100)/b17-15-,23-21-,29-27-,71-69+. The first-order valence-electron chi connectivity index (χ1n) is 47.4. The number of ether oxygens (including phenoxy) is 6. The fourth-order valence-corrected chi connectivity index (χ4v) is 16.1. The summed E-state index contributed by atoms with van der Waals surface area (Å²) < 4.78 is 34.6. The van der Waals surface area contributed by atoms with Crippen LogP contribution in [-0.2, 0) is 33.2 Å². The molecule has 3 aliphatic heterocycles. The Labute approximate surface area is 688 Å². The van der Waals surface area contributed by atoms with E-state index in [9.17, 15) is 61.0 Å². The number of rotatable bonds is 78. The number of carbonyl (C=O) groups excluding carboxylic acids is 1. The molecule has 1 amide bonds. The Kier molecular flexibility index (Phi) is 68.4. The Balaban J connectivity index is 1.31. The van der Waals surface area contributed by atoms with Gasteiger partial charge in [-0.1, -0.05) is 396 Å². The van der Waals surface area contributed by atoms with Crippen molar-refractivity contribution in [3.8, 4) is 0 Å². The van der Waals surface area contributed by atoms with E-state index in [-0.39, 0.29) is 18.9 Å². The van der Waals surface area contributed by atoms with Crippen LogP contribution in [0.1, 0.15) is 412 Å². The lowest BCUT2D eigenvalue weighted by molar-refractivity contribution is -0.379. The van der Waals surface area contributed by atoms with Crippen molar-refractivity contribution in [1.29, 1.82) is 0 Å². The summed E-state index contributed by atoms with van der Waals surface area (Å²) in [7, 11) is 0. The van der Waals surface area contributed by atoms with Gasteiger partial charge in [0.05, 0.1) is 38.6 Å². The van der Waals surface area contributed by atoms with Crippen LogP contribution in [0.15, 0.2) is 48.6 Å². The second kappa shape index (κ2) is 73.7. The van der Waals surface area contributed by atoms with Crippen molar-refractivity contribution in [2.45, 2.75) is 516 Å². The number of allylic oxidation sites excluding steroid dienone is 7. The molecule has 0 aromatic heterocycles. The van der Waals surface area contributed by atoms with Gasteiger partial charge in [0, 0.05) is 6.42 Å². The summed E-state index contributed by atoms with van der Waals surface area (Å²) in [5.41, 5.74) is 0. The van der Waals surface area contributed by atoms with Crippen molar-refractivity contribution in [2.75, 3.05) is 26.4 Å². The molecule has 17 unspecified atom stereocenters. The highest BCUT2D eigenvalue weighted by Gasteiger charge is 2.54. The fraction of sp³-hybridized carbons (Fsp3) is 0.904. The second-order valence-corrected chi connectivity index (χ2v) is 33.8. The molecule has 3 rings (SSSR count). The summed E-state index contributed by atoms with van der Waals surface area (Å²) in [6.45, 7) is 1.80. The van der Waals surface area contributed by atoms with Gasteiger partial charge in [-0.2, -0.15) is 0 Å². The van der Waals surface area contributed by atoms with Crippen LogP contribution < -0.4 is 5.32 Å². The third-order valence-corrected chi connectivity index (χ3v) is 23.6. The Morgan fingerprint density at radius 1 is 0.319 bits per heavy atom. The normalized spacial score (nSPS) is 25.0. The van der Waals surface area contributed by atoms with Crippen LogP contribution in [0.25, 0.3) is 0 Å². The zero-order valence-electron chi connectivity index (χ0n) is 71.9. The van der Waals surface area contributed by atoms with E-state index in [1.807, 2.05) is 6.08 Å². The Hall–Kier alpha value is -2.25. The van der Waals surface area contributed by atoms with Gasteiger partial charge < -0.3 is 89.9 Å². The van der Waals surface area contributed by atoms with Crippen molar-refractivity contribution >= 4 is 5.91 Å². The molecule has 664 valence electrons. The predicted octanol–water partition coefficient (Wildman–Crippen LogP) is 18.7. The number of amides is 1. The molecule has 0 spiro atoms. The van der Waals surface area contributed by atoms with Crippen LogP contribution in [0.4, 0.5) is 0 Å². The quantitative estimate of drug-likeness (QED) is 0.0199. The summed E-state index contributed by atoms with van der Waals surface area (Å²) in [4.78, 5) is 13.5. The molecular weight excluding hydrogens is 1430 g/mol. The third kappa shape index (κ3) is 51.9. The molecule has 12 N–H and O–H groups in total. The lowest BCUT2D eigenvalue weighted by Crippen LogP contribution is -2.66. The fourth-order valence-electron chi connectivity index (χ4n) is 16.1. The van der Waals surface area contributed by atoms with Gasteiger partial charge in [0.25, 0.3) is 0 Å². The summed E-state index contributed by atoms with van der Waals surface area (Å²) in [6, 6.07) is -0.975. The predicted molar refractivity (Wildman–Crippen MR) is 457 cm³/mol. The van der Waals surface area contributed by atoms with E-state index in [1.165, 1.54) is 327 Å². The van der Waals surface area contributed by atoms with Crippen LogP contribution in [0.3, 0.4) is 0 Å². The maximum absolute atomic E-state index is 13.5. The van der Waals surface area contributed by atoms with Gasteiger partial charge in [0.15, 0.2) is 18.9 Å². The SMILES string of the molecule is CCCCCCC/C=C\C/C=C\C/C=C\CCCCCCCCCCCCCCCCCCCCCCCCC(=O)NC(COC1OC(CO)C(OC2OC(CO)C(OC3OC(CO)C(O)C(O)C3O)C(O)C2O)C(O)C1O)C(O)/C=C/CCCCCCCCCCCCCCCCCCCCCCCCCCCCCCC. The van der Waals surface area contributed by atoms with E-state index in [0.717, 1.165) is 57.8 Å². The van der Waals surface area contributed by atoms with E-state index in [2.05, 4.69) is 55.6 Å². The number of unbranched alkanes of at least 4 members (excludes halogenated alkanes) is 56. The van der Waals surface area contributed by atoms with Crippen LogP contribution in [0, 0.1) is 0 Å². The number of hydrogen-bond acceptors (Lipinski definition) is 18. The van der Waals surface area contributed by atoms with Crippen molar-refractivity contribution in [3.63, 3.8) is 0 Å². The van der Waals surface area contributed by atoms with E-state index < -0.39 is 124 Å². The summed E-state index contributed by atoms with van der Waals surface area (Å²) >= 11 is 0. The van der Waals surface area contributed by atoms with Gasteiger partial charge in [-0.15, -0.1) is 0 Å². The Bertz CT molecular complexity index is 2220. The maximum Gasteiger partial charge on any atom is 0.220 e. The molecule has 0 saturated carbocycles. The summed E-state index contributed by atoms with van der Waals surface area (Å²) in [5.74, 6) is -0.267.